The van der Waals surface area contributed by atoms with E-state index in [-0.39, 0.29) is 6.61 Å². The highest BCUT2D eigenvalue weighted by atomic mass is 16.5. The first-order chi connectivity index (χ1) is 8.56. The number of likely N-dealkylation sites (N-methyl/N-ethyl adjacent to an activating group) is 1. The van der Waals surface area contributed by atoms with Crippen molar-refractivity contribution in [2.24, 2.45) is 0 Å². The summed E-state index contributed by atoms with van der Waals surface area (Å²) < 4.78 is 16.0. The molecule has 2 N–H and O–H groups in total. The van der Waals surface area contributed by atoms with E-state index in [9.17, 15) is 5.11 Å². The number of ether oxygens (including phenoxy) is 3. The van der Waals surface area contributed by atoms with Crippen LogP contribution in [0.15, 0.2) is 18.2 Å². The molecule has 18 heavy (non-hydrogen) atoms. The first kappa shape index (κ1) is 14.6. The first-order valence-electron chi connectivity index (χ1n) is 5.72. The summed E-state index contributed by atoms with van der Waals surface area (Å²) in [5.74, 6) is 1.97. The van der Waals surface area contributed by atoms with Gasteiger partial charge in [-0.3, -0.25) is 0 Å². The van der Waals surface area contributed by atoms with Crippen LogP contribution in [0, 0.1) is 0 Å². The summed E-state index contributed by atoms with van der Waals surface area (Å²) in [6, 6.07) is 5.32. The van der Waals surface area contributed by atoms with Gasteiger partial charge in [0.25, 0.3) is 0 Å². The van der Waals surface area contributed by atoms with Crippen LogP contribution < -0.4 is 19.5 Å². The Hall–Kier alpha value is -1.46. The van der Waals surface area contributed by atoms with Gasteiger partial charge in [0.15, 0.2) is 0 Å². The minimum Gasteiger partial charge on any atom is -0.496 e. The Morgan fingerprint density at radius 2 is 1.61 bits per heavy atom. The topological polar surface area (TPSA) is 60.0 Å². The van der Waals surface area contributed by atoms with Gasteiger partial charge in [0, 0.05) is 18.2 Å². The zero-order valence-corrected chi connectivity index (χ0v) is 11.3. The van der Waals surface area contributed by atoms with E-state index in [2.05, 4.69) is 5.32 Å². The second-order valence-electron chi connectivity index (χ2n) is 4.31. The van der Waals surface area contributed by atoms with Gasteiger partial charge in [-0.05, 0) is 14.0 Å². The maximum Gasteiger partial charge on any atom is 0.126 e. The van der Waals surface area contributed by atoms with E-state index >= 15 is 0 Å². The van der Waals surface area contributed by atoms with E-state index in [1.807, 2.05) is 6.92 Å². The van der Waals surface area contributed by atoms with Crippen molar-refractivity contribution in [2.45, 2.75) is 12.5 Å². The fourth-order valence-corrected chi connectivity index (χ4v) is 1.30. The molecule has 5 heteroatoms. The van der Waals surface area contributed by atoms with E-state index < -0.39 is 5.54 Å². The van der Waals surface area contributed by atoms with Crippen LogP contribution in [0.25, 0.3) is 0 Å². The van der Waals surface area contributed by atoms with Crippen molar-refractivity contribution in [3.05, 3.63) is 18.2 Å². The average molecular weight is 255 g/mol. The third-order valence-electron chi connectivity index (χ3n) is 2.83. The molecule has 0 saturated heterocycles. The molecule has 0 bridgehead atoms. The highest BCUT2D eigenvalue weighted by Gasteiger charge is 2.21. The van der Waals surface area contributed by atoms with Crippen LogP contribution in [0.3, 0.4) is 0 Å². The predicted octanol–water partition coefficient (Wildman–Crippen LogP) is 1.05. The van der Waals surface area contributed by atoms with Gasteiger partial charge in [0.1, 0.15) is 23.9 Å². The Labute approximate surface area is 108 Å². The molecular weight excluding hydrogens is 234 g/mol. The van der Waals surface area contributed by atoms with E-state index in [0.717, 1.165) is 0 Å². The van der Waals surface area contributed by atoms with E-state index in [0.29, 0.717) is 23.9 Å². The quantitative estimate of drug-likeness (QED) is 0.762. The second kappa shape index (κ2) is 6.47. The zero-order valence-electron chi connectivity index (χ0n) is 11.3. The number of hydrogen-bond acceptors (Lipinski definition) is 5. The monoisotopic (exact) mass is 255 g/mol. The Balaban J connectivity index is 2.78. The molecule has 1 unspecified atom stereocenters. The Kier molecular flexibility index (Phi) is 5.25. The van der Waals surface area contributed by atoms with Gasteiger partial charge in [0.05, 0.1) is 26.4 Å². The SMILES string of the molecule is CNC(C)(CO)COc1cc(OC)cc(OC)c1. The van der Waals surface area contributed by atoms with Crippen LogP contribution in [0.1, 0.15) is 6.92 Å². The van der Waals surface area contributed by atoms with Gasteiger partial charge in [0.2, 0.25) is 0 Å². The summed E-state index contributed by atoms with van der Waals surface area (Å²) in [5.41, 5.74) is -0.476. The lowest BCUT2D eigenvalue weighted by Gasteiger charge is -2.26. The number of nitrogens with one attached hydrogen (secondary N) is 1. The van der Waals surface area contributed by atoms with Crippen LogP contribution >= 0.6 is 0 Å². The fourth-order valence-electron chi connectivity index (χ4n) is 1.30. The van der Waals surface area contributed by atoms with Crippen molar-refractivity contribution in [3.63, 3.8) is 0 Å². The number of aliphatic hydroxyl groups excluding tert-OH is 1. The Morgan fingerprint density at radius 1 is 1.11 bits per heavy atom. The molecule has 1 aromatic rings. The lowest BCUT2D eigenvalue weighted by molar-refractivity contribution is 0.122. The van der Waals surface area contributed by atoms with Crippen molar-refractivity contribution >= 4 is 0 Å². The lowest BCUT2D eigenvalue weighted by Crippen LogP contribution is -2.48. The summed E-state index contributed by atoms with van der Waals surface area (Å²) in [7, 11) is 4.96. The van der Waals surface area contributed by atoms with E-state index in [1.165, 1.54) is 0 Å². The molecule has 0 heterocycles. The van der Waals surface area contributed by atoms with Crippen LogP contribution in [-0.2, 0) is 0 Å². The summed E-state index contributed by atoms with van der Waals surface area (Å²) in [4.78, 5) is 0. The summed E-state index contributed by atoms with van der Waals surface area (Å²) in [6.07, 6.45) is 0. The third kappa shape index (κ3) is 3.78. The molecule has 0 aromatic heterocycles. The molecule has 1 rings (SSSR count). The number of hydrogen-bond donors (Lipinski definition) is 2. The molecule has 0 aliphatic carbocycles. The van der Waals surface area contributed by atoms with Crippen molar-refractivity contribution in [2.75, 3.05) is 34.5 Å². The summed E-state index contributed by atoms with van der Waals surface area (Å²) >= 11 is 0. The van der Waals surface area contributed by atoms with Gasteiger partial charge >= 0.3 is 0 Å². The maximum absolute atomic E-state index is 9.27. The van der Waals surface area contributed by atoms with Crippen molar-refractivity contribution in [1.29, 1.82) is 0 Å². The van der Waals surface area contributed by atoms with Crippen LogP contribution in [0.2, 0.25) is 0 Å². The molecule has 0 spiro atoms. The van der Waals surface area contributed by atoms with Crippen molar-refractivity contribution < 1.29 is 19.3 Å². The van der Waals surface area contributed by atoms with E-state index in [1.54, 1.807) is 39.5 Å². The van der Waals surface area contributed by atoms with Gasteiger partial charge in [-0.2, -0.15) is 0 Å². The third-order valence-corrected chi connectivity index (χ3v) is 2.83. The first-order valence-corrected chi connectivity index (χ1v) is 5.72. The smallest absolute Gasteiger partial charge is 0.126 e. The number of benzene rings is 1. The van der Waals surface area contributed by atoms with Crippen LogP contribution in [0.5, 0.6) is 17.2 Å². The molecule has 1 aromatic carbocycles. The van der Waals surface area contributed by atoms with Crippen LogP contribution in [-0.4, -0.2) is 45.1 Å². The molecule has 1 atom stereocenters. The average Bonchev–Trinajstić information content (AvgIpc) is 2.44. The standard InChI is InChI=1S/C13H21NO4/c1-13(8-15,14-2)9-18-12-6-10(16-3)5-11(7-12)17-4/h5-7,14-15H,8-9H2,1-4H3. The van der Waals surface area contributed by atoms with Gasteiger partial charge < -0.3 is 24.6 Å². The predicted molar refractivity (Wildman–Crippen MR) is 69.6 cm³/mol. The number of methoxy groups -OCH3 is 2. The highest BCUT2D eigenvalue weighted by molar-refractivity contribution is 5.42. The highest BCUT2D eigenvalue weighted by Crippen LogP contribution is 2.27. The maximum atomic E-state index is 9.27. The molecule has 5 nitrogen and oxygen atoms in total. The molecule has 0 saturated carbocycles. The summed E-state index contributed by atoms with van der Waals surface area (Å²) in [5, 5.41) is 12.3. The minimum absolute atomic E-state index is 0.00932. The van der Waals surface area contributed by atoms with Gasteiger partial charge in [-0.1, -0.05) is 0 Å². The normalized spacial score (nSPS) is 13.8. The fraction of sp³-hybridized carbons (Fsp3) is 0.538. The molecule has 0 radical (unpaired) electrons. The zero-order chi connectivity index (χ0) is 13.6. The lowest BCUT2D eigenvalue weighted by atomic mass is 10.1. The summed E-state index contributed by atoms with van der Waals surface area (Å²) in [6.45, 7) is 2.21. The molecule has 0 aliphatic rings. The van der Waals surface area contributed by atoms with Gasteiger partial charge in [-0.15, -0.1) is 0 Å². The second-order valence-corrected chi connectivity index (χ2v) is 4.31. The molecule has 0 fully saturated rings. The number of rotatable bonds is 7. The molecule has 0 aliphatic heterocycles. The van der Waals surface area contributed by atoms with Crippen molar-refractivity contribution in [3.8, 4) is 17.2 Å². The van der Waals surface area contributed by atoms with Crippen molar-refractivity contribution in [1.82, 2.24) is 5.32 Å². The molecular formula is C13H21NO4. The van der Waals surface area contributed by atoms with E-state index in [4.69, 9.17) is 14.2 Å². The van der Waals surface area contributed by atoms with Gasteiger partial charge in [-0.25, -0.2) is 0 Å². The minimum atomic E-state index is -0.476. The molecule has 102 valence electrons. The largest absolute Gasteiger partial charge is 0.496 e. The van der Waals surface area contributed by atoms with Crippen LogP contribution in [0.4, 0.5) is 0 Å². The Bertz CT molecular complexity index is 355. The number of aliphatic hydroxyl groups is 1. The Morgan fingerprint density at radius 3 is 2.00 bits per heavy atom. The molecule has 0 amide bonds.